The molecule has 3 rings (SSSR count). The van der Waals surface area contributed by atoms with E-state index in [1.165, 1.54) is 6.33 Å². The molecule has 0 saturated heterocycles. The summed E-state index contributed by atoms with van der Waals surface area (Å²) in [5.74, 6) is 0. The van der Waals surface area contributed by atoms with Crippen LogP contribution in [0.2, 0.25) is 10.2 Å². The fraction of sp³-hybridized carbons (Fsp3) is 0. The zero-order chi connectivity index (χ0) is 11.8. The van der Waals surface area contributed by atoms with E-state index >= 15 is 0 Å². The van der Waals surface area contributed by atoms with Crippen molar-refractivity contribution in [3.05, 3.63) is 47.1 Å². The van der Waals surface area contributed by atoms with Crippen molar-refractivity contribution >= 4 is 34.4 Å². The number of nitrogens with zero attached hydrogens (tertiary/aromatic N) is 4. The van der Waals surface area contributed by atoms with E-state index in [1.54, 1.807) is 17.0 Å². The zero-order valence-electron chi connectivity index (χ0n) is 8.51. The maximum atomic E-state index is 6.14. The second-order valence-corrected chi connectivity index (χ2v) is 4.17. The van der Waals surface area contributed by atoms with Crippen LogP contribution in [-0.4, -0.2) is 19.5 Å². The van der Waals surface area contributed by atoms with Crippen LogP contribution in [0.4, 0.5) is 0 Å². The molecule has 0 fully saturated rings. The van der Waals surface area contributed by atoms with Crippen molar-refractivity contribution < 1.29 is 0 Å². The van der Waals surface area contributed by atoms with Gasteiger partial charge < -0.3 is 0 Å². The second kappa shape index (κ2) is 3.98. The number of aromatic nitrogens is 4. The van der Waals surface area contributed by atoms with E-state index in [2.05, 4.69) is 15.0 Å². The van der Waals surface area contributed by atoms with Crippen LogP contribution in [0.1, 0.15) is 0 Å². The number of benzene rings is 1. The smallest absolute Gasteiger partial charge is 0.182 e. The van der Waals surface area contributed by atoms with E-state index < -0.39 is 0 Å². The normalized spacial score (nSPS) is 10.9. The Hall–Kier alpha value is -1.65. The summed E-state index contributed by atoms with van der Waals surface area (Å²) in [6, 6.07) is 7.45. The predicted octanol–water partition coefficient (Wildman–Crippen LogP) is 3.12. The molecule has 0 aliphatic carbocycles. The summed E-state index contributed by atoms with van der Waals surface area (Å²) in [5, 5.41) is 0.971. The summed E-state index contributed by atoms with van der Waals surface area (Å²) >= 11 is 12.2. The molecule has 0 atom stereocenters. The molecule has 3 aromatic rings. The molecule has 0 amide bonds. The molecule has 0 radical (unpaired) electrons. The highest BCUT2D eigenvalue weighted by atomic mass is 35.5. The molecular formula is C11H6Cl2N4. The Morgan fingerprint density at radius 2 is 1.82 bits per heavy atom. The first kappa shape index (κ1) is 10.5. The van der Waals surface area contributed by atoms with E-state index in [0.29, 0.717) is 21.3 Å². The van der Waals surface area contributed by atoms with Crippen LogP contribution in [-0.2, 0) is 0 Å². The van der Waals surface area contributed by atoms with Gasteiger partial charge in [-0.25, -0.2) is 15.0 Å². The lowest BCUT2D eigenvalue weighted by Crippen LogP contribution is -1.94. The highest BCUT2D eigenvalue weighted by Gasteiger charge is 2.11. The van der Waals surface area contributed by atoms with Crippen molar-refractivity contribution in [2.24, 2.45) is 0 Å². The van der Waals surface area contributed by atoms with Gasteiger partial charge in [0.15, 0.2) is 10.8 Å². The van der Waals surface area contributed by atoms with Crippen molar-refractivity contribution in [1.82, 2.24) is 19.5 Å². The van der Waals surface area contributed by atoms with Gasteiger partial charge in [-0.15, -0.1) is 0 Å². The first-order valence-corrected chi connectivity index (χ1v) is 5.61. The average molecular weight is 265 g/mol. The molecule has 0 bridgehead atoms. The largest absolute Gasteiger partial charge is 0.293 e. The molecule has 0 aliphatic heterocycles. The third kappa shape index (κ3) is 1.66. The summed E-state index contributed by atoms with van der Waals surface area (Å²) in [7, 11) is 0. The number of hydrogen-bond donors (Lipinski definition) is 0. The summed E-state index contributed by atoms with van der Waals surface area (Å²) in [4.78, 5) is 12.2. The summed E-state index contributed by atoms with van der Waals surface area (Å²) in [5.41, 5.74) is 2.00. The Labute approximate surface area is 107 Å². The molecule has 0 N–H and O–H groups in total. The summed E-state index contributed by atoms with van der Waals surface area (Å²) in [6.45, 7) is 0. The van der Waals surface area contributed by atoms with Crippen LogP contribution in [0.25, 0.3) is 16.9 Å². The van der Waals surface area contributed by atoms with Gasteiger partial charge in [-0.2, -0.15) is 0 Å². The highest BCUT2D eigenvalue weighted by molar-refractivity contribution is 6.34. The molecule has 0 spiro atoms. The van der Waals surface area contributed by atoms with Crippen molar-refractivity contribution in [1.29, 1.82) is 0 Å². The minimum atomic E-state index is 0.354. The molecular weight excluding hydrogens is 259 g/mol. The van der Waals surface area contributed by atoms with Gasteiger partial charge in [-0.3, -0.25) is 4.57 Å². The van der Waals surface area contributed by atoms with Crippen molar-refractivity contribution in [3.63, 3.8) is 0 Å². The SMILES string of the molecule is Clc1ccccc1-n1cnc2ncnc(Cl)c21. The summed E-state index contributed by atoms with van der Waals surface area (Å²) < 4.78 is 1.78. The maximum Gasteiger partial charge on any atom is 0.182 e. The van der Waals surface area contributed by atoms with Gasteiger partial charge in [0.05, 0.1) is 10.7 Å². The first-order chi connectivity index (χ1) is 8.27. The van der Waals surface area contributed by atoms with Crippen molar-refractivity contribution in [3.8, 4) is 5.69 Å². The van der Waals surface area contributed by atoms with E-state index in [0.717, 1.165) is 5.69 Å². The Morgan fingerprint density at radius 3 is 2.65 bits per heavy atom. The van der Waals surface area contributed by atoms with E-state index in [1.807, 2.05) is 18.2 Å². The standard InChI is InChI=1S/C11H6Cl2N4/c12-7-3-1-2-4-8(7)17-6-16-11-9(17)10(13)14-5-15-11/h1-6H. The van der Waals surface area contributed by atoms with Gasteiger partial charge in [0.2, 0.25) is 0 Å². The minimum absolute atomic E-state index is 0.354. The van der Waals surface area contributed by atoms with Gasteiger partial charge in [-0.1, -0.05) is 35.3 Å². The van der Waals surface area contributed by atoms with Crippen LogP contribution in [0, 0.1) is 0 Å². The fourth-order valence-corrected chi connectivity index (χ4v) is 2.10. The van der Waals surface area contributed by atoms with Crippen LogP contribution in [0.15, 0.2) is 36.9 Å². The van der Waals surface area contributed by atoms with Gasteiger partial charge in [0.1, 0.15) is 18.2 Å². The molecule has 17 heavy (non-hydrogen) atoms. The van der Waals surface area contributed by atoms with Crippen LogP contribution >= 0.6 is 23.2 Å². The number of hydrogen-bond acceptors (Lipinski definition) is 3. The van der Waals surface area contributed by atoms with Gasteiger partial charge in [-0.05, 0) is 12.1 Å². The lowest BCUT2D eigenvalue weighted by molar-refractivity contribution is 1.09. The highest BCUT2D eigenvalue weighted by Crippen LogP contribution is 2.26. The Balaban J connectivity index is 2.36. The predicted molar refractivity (Wildman–Crippen MR) is 66.7 cm³/mol. The number of halogens is 2. The van der Waals surface area contributed by atoms with Gasteiger partial charge in [0.25, 0.3) is 0 Å². The van der Waals surface area contributed by atoms with E-state index in [4.69, 9.17) is 23.2 Å². The number of para-hydroxylation sites is 1. The second-order valence-electron chi connectivity index (χ2n) is 3.40. The fourth-order valence-electron chi connectivity index (χ4n) is 1.65. The maximum absolute atomic E-state index is 6.14. The van der Waals surface area contributed by atoms with E-state index in [9.17, 15) is 0 Å². The summed E-state index contributed by atoms with van der Waals surface area (Å²) in [6.07, 6.45) is 3.01. The van der Waals surface area contributed by atoms with Crippen LogP contribution in [0.3, 0.4) is 0 Å². The molecule has 2 heterocycles. The molecule has 0 unspecified atom stereocenters. The average Bonchev–Trinajstić information content (AvgIpc) is 2.75. The lowest BCUT2D eigenvalue weighted by Gasteiger charge is -2.06. The Kier molecular flexibility index (Phi) is 2.46. The monoisotopic (exact) mass is 264 g/mol. The third-order valence-corrected chi connectivity index (χ3v) is 3.00. The Bertz CT molecular complexity index is 693. The van der Waals surface area contributed by atoms with Gasteiger partial charge >= 0.3 is 0 Å². The topological polar surface area (TPSA) is 43.6 Å². The van der Waals surface area contributed by atoms with Crippen LogP contribution < -0.4 is 0 Å². The molecule has 6 heteroatoms. The number of fused-ring (bicyclic) bond motifs is 1. The zero-order valence-corrected chi connectivity index (χ0v) is 10.0. The molecule has 4 nitrogen and oxygen atoms in total. The molecule has 1 aromatic carbocycles. The quantitative estimate of drug-likeness (QED) is 0.635. The molecule has 0 saturated carbocycles. The van der Waals surface area contributed by atoms with E-state index in [-0.39, 0.29) is 0 Å². The van der Waals surface area contributed by atoms with Gasteiger partial charge in [0, 0.05) is 0 Å². The molecule has 2 aromatic heterocycles. The minimum Gasteiger partial charge on any atom is -0.293 e. The molecule has 84 valence electrons. The number of rotatable bonds is 1. The third-order valence-electron chi connectivity index (χ3n) is 2.41. The number of imidazole rings is 1. The molecule has 0 aliphatic rings. The van der Waals surface area contributed by atoms with Crippen LogP contribution in [0.5, 0.6) is 0 Å². The first-order valence-electron chi connectivity index (χ1n) is 4.86. The van der Waals surface area contributed by atoms with Crippen molar-refractivity contribution in [2.75, 3.05) is 0 Å². The lowest BCUT2D eigenvalue weighted by atomic mass is 10.3. The Morgan fingerprint density at radius 1 is 1.00 bits per heavy atom. The van der Waals surface area contributed by atoms with Crippen molar-refractivity contribution in [2.45, 2.75) is 0 Å².